The molecule has 2 aromatic rings. The number of nitro benzene ring substituents is 1. The Balaban J connectivity index is 2.48. The predicted octanol–water partition coefficient (Wildman–Crippen LogP) is 3.20. The van der Waals surface area contributed by atoms with Crippen molar-refractivity contribution in [2.24, 2.45) is 3.77 Å². The maximum absolute atomic E-state index is 12.6. The van der Waals surface area contributed by atoms with E-state index in [-0.39, 0.29) is 15.5 Å². The third-order valence-corrected chi connectivity index (χ3v) is 7.30. The average Bonchev–Trinajstić information content (AvgIpc) is 2.46. The number of nitrogens with zero attached hydrogens (tertiary/aromatic N) is 2. The van der Waals surface area contributed by atoms with Crippen molar-refractivity contribution in [2.45, 2.75) is 9.79 Å². The molecule has 10 heteroatoms. The Morgan fingerprint density at radius 2 is 1.43 bits per heavy atom. The Morgan fingerprint density at radius 1 is 0.957 bits per heavy atom. The van der Waals surface area contributed by atoms with Crippen LogP contribution in [0.1, 0.15) is 0 Å². The van der Waals surface area contributed by atoms with E-state index in [9.17, 15) is 22.7 Å². The van der Waals surface area contributed by atoms with Crippen molar-refractivity contribution >= 4 is 41.4 Å². The zero-order valence-electron chi connectivity index (χ0n) is 11.7. The highest BCUT2D eigenvalue weighted by atomic mass is 79.9. The molecule has 0 aliphatic heterocycles. The molecular weight excluding hydrogens is 408 g/mol. The lowest BCUT2D eigenvalue weighted by Crippen LogP contribution is -2.05. The third-order valence-electron chi connectivity index (χ3n) is 2.84. The standard InChI is InChI=1S/C13H11BrN2O5S2/c1-22(19,12-6-2-10(14)3-7-12)15-23(20,21)13-8-4-11(5-9-13)16(17)18/h2-9H,1H3. The largest absolute Gasteiger partial charge is 0.290 e. The summed E-state index contributed by atoms with van der Waals surface area (Å²) in [5.41, 5.74) is -0.242. The van der Waals surface area contributed by atoms with Crippen LogP contribution in [0.2, 0.25) is 0 Å². The molecule has 0 bridgehead atoms. The first-order valence-electron chi connectivity index (χ1n) is 6.10. The van der Waals surface area contributed by atoms with E-state index in [1.807, 2.05) is 0 Å². The highest BCUT2D eigenvalue weighted by Gasteiger charge is 2.18. The molecule has 0 aromatic heterocycles. The zero-order valence-corrected chi connectivity index (χ0v) is 15.0. The first-order chi connectivity index (χ1) is 10.6. The van der Waals surface area contributed by atoms with Crippen molar-refractivity contribution in [2.75, 3.05) is 6.26 Å². The van der Waals surface area contributed by atoms with Gasteiger partial charge in [-0.25, -0.2) is 4.21 Å². The van der Waals surface area contributed by atoms with Gasteiger partial charge in [-0.3, -0.25) is 10.1 Å². The molecule has 0 saturated carbocycles. The first kappa shape index (κ1) is 17.6. The molecule has 0 aliphatic rings. The minimum absolute atomic E-state index is 0.242. The number of halogens is 1. The molecule has 1 atom stereocenters. The van der Waals surface area contributed by atoms with Crippen LogP contribution in [0.5, 0.6) is 0 Å². The molecule has 7 nitrogen and oxygen atoms in total. The van der Waals surface area contributed by atoms with Gasteiger partial charge in [-0.05, 0) is 36.4 Å². The van der Waals surface area contributed by atoms with Crippen LogP contribution in [0.15, 0.2) is 66.6 Å². The highest BCUT2D eigenvalue weighted by molar-refractivity contribution is 9.10. The molecule has 0 N–H and O–H groups in total. The molecule has 0 fully saturated rings. The Morgan fingerprint density at radius 3 is 1.91 bits per heavy atom. The molecule has 23 heavy (non-hydrogen) atoms. The molecule has 1 unspecified atom stereocenters. The van der Waals surface area contributed by atoms with Crippen LogP contribution in [0.25, 0.3) is 0 Å². The normalized spacial score (nSPS) is 14.0. The fourth-order valence-electron chi connectivity index (χ4n) is 1.70. The fourth-order valence-corrected chi connectivity index (χ4v) is 5.27. The molecule has 0 heterocycles. The van der Waals surface area contributed by atoms with Gasteiger partial charge in [0.25, 0.3) is 15.7 Å². The van der Waals surface area contributed by atoms with Crippen molar-refractivity contribution < 1.29 is 17.6 Å². The highest BCUT2D eigenvalue weighted by Crippen LogP contribution is 2.22. The summed E-state index contributed by atoms with van der Waals surface area (Å²) in [6.07, 6.45) is 1.22. The Labute approximate surface area is 141 Å². The lowest BCUT2D eigenvalue weighted by molar-refractivity contribution is -0.384. The van der Waals surface area contributed by atoms with E-state index in [1.165, 1.54) is 18.4 Å². The van der Waals surface area contributed by atoms with Gasteiger partial charge in [0.15, 0.2) is 0 Å². The van der Waals surface area contributed by atoms with E-state index in [0.717, 1.165) is 28.7 Å². The summed E-state index contributed by atoms with van der Waals surface area (Å²) in [6.45, 7) is 0. The van der Waals surface area contributed by atoms with Crippen LogP contribution < -0.4 is 0 Å². The number of non-ortho nitro benzene ring substituents is 1. The van der Waals surface area contributed by atoms with Crippen molar-refractivity contribution in [1.82, 2.24) is 0 Å². The number of hydrogen-bond acceptors (Lipinski definition) is 5. The van der Waals surface area contributed by atoms with Crippen molar-refractivity contribution in [3.63, 3.8) is 0 Å². The molecule has 0 amide bonds. The molecule has 0 saturated heterocycles. The summed E-state index contributed by atoms with van der Waals surface area (Å²) >= 11 is 3.23. The molecule has 0 spiro atoms. The van der Waals surface area contributed by atoms with Gasteiger partial charge in [-0.1, -0.05) is 15.9 Å². The van der Waals surface area contributed by atoms with E-state index in [0.29, 0.717) is 0 Å². The molecule has 0 radical (unpaired) electrons. The van der Waals surface area contributed by atoms with Crippen LogP contribution in [0.4, 0.5) is 5.69 Å². The second kappa shape index (κ2) is 6.38. The minimum atomic E-state index is -4.20. The average molecular weight is 419 g/mol. The van der Waals surface area contributed by atoms with E-state index >= 15 is 0 Å². The van der Waals surface area contributed by atoms with Gasteiger partial charge >= 0.3 is 0 Å². The van der Waals surface area contributed by atoms with E-state index in [1.54, 1.807) is 12.1 Å². The van der Waals surface area contributed by atoms with E-state index in [4.69, 9.17) is 0 Å². The topological polar surface area (TPSA) is 107 Å². The van der Waals surface area contributed by atoms with Gasteiger partial charge in [0.1, 0.15) is 0 Å². The van der Waals surface area contributed by atoms with E-state index < -0.39 is 24.7 Å². The fraction of sp³-hybridized carbons (Fsp3) is 0.0769. The quantitative estimate of drug-likeness (QED) is 0.559. The molecular formula is C13H11BrN2O5S2. The lowest BCUT2D eigenvalue weighted by Gasteiger charge is -2.05. The molecule has 122 valence electrons. The summed E-state index contributed by atoms with van der Waals surface area (Å²) in [5, 5.41) is 10.6. The van der Waals surface area contributed by atoms with Gasteiger partial charge in [-0.15, -0.1) is 3.77 Å². The first-order valence-corrected chi connectivity index (χ1v) is 10.3. The number of rotatable bonds is 4. The molecule has 2 aromatic carbocycles. The minimum Gasteiger partial charge on any atom is -0.258 e. The zero-order chi connectivity index (χ0) is 17.3. The molecule has 0 aliphatic carbocycles. The van der Waals surface area contributed by atoms with Crippen LogP contribution >= 0.6 is 15.9 Å². The van der Waals surface area contributed by atoms with Gasteiger partial charge < -0.3 is 0 Å². The number of benzene rings is 2. The summed E-state index contributed by atoms with van der Waals surface area (Å²) in [6, 6.07) is 10.5. The van der Waals surface area contributed by atoms with Crippen LogP contribution in [0.3, 0.4) is 0 Å². The van der Waals surface area contributed by atoms with Gasteiger partial charge in [0.2, 0.25) is 0 Å². The second-order valence-electron chi connectivity index (χ2n) is 4.56. The monoisotopic (exact) mass is 418 g/mol. The summed E-state index contributed by atoms with van der Waals surface area (Å²) in [7, 11) is -7.38. The van der Waals surface area contributed by atoms with E-state index in [2.05, 4.69) is 19.7 Å². The SMILES string of the molecule is CS(=O)(=NS(=O)(=O)c1ccc([N+](=O)[O-])cc1)c1ccc(Br)cc1. The van der Waals surface area contributed by atoms with Gasteiger partial charge in [0.05, 0.1) is 19.5 Å². The lowest BCUT2D eigenvalue weighted by atomic mass is 10.3. The summed E-state index contributed by atoms with van der Waals surface area (Å²) in [4.78, 5) is 9.96. The van der Waals surface area contributed by atoms with Crippen molar-refractivity contribution in [1.29, 1.82) is 0 Å². The van der Waals surface area contributed by atoms with Crippen LogP contribution in [-0.2, 0) is 19.8 Å². The maximum atomic E-state index is 12.6. The Bertz CT molecular complexity index is 960. The van der Waals surface area contributed by atoms with Crippen LogP contribution in [0, 0.1) is 10.1 Å². The smallest absolute Gasteiger partial charge is 0.258 e. The van der Waals surface area contributed by atoms with Crippen molar-refractivity contribution in [3.05, 3.63) is 63.1 Å². The number of sulfonamides is 1. The van der Waals surface area contributed by atoms with Crippen molar-refractivity contribution in [3.8, 4) is 0 Å². The third kappa shape index (κ3) is 4.15. The Hall–Kier alpha value is -1.78. The second-order valence-corrected chi connectivity index (χ2v) is 9.57. The van der Waals surface area contributed by atoms with Crippen LogP contribution in [-0.4, -0.2) is 23.8 Å². The summed E-state index contributed by atoms with van der Waals surface area (Å²) in [5.74, 6) is 0. The molecule has 2 rings (SSSR count). The van der Waals surface area contributed by atoms with Gasteiger partial charge in [0, 0.05) is 27.8 Å². The number of hydrogen-bond donors (Lipinski definition) is 0. The summed E-state index contributed by atoms with van der Waals surface area (Å²) < 4.78 is 41.3. The number of nitro groups is 1. The maximum Gasteiger partial charge on any atom is 0.290 e. The Kier molecular flexibility index (Phi) is 4.87. The van der Waals surface area contributed by atoms with Gasteiger partial charge in [-0.2, -0.15) is 8.42 Å². The predicted molar refractivity (Wildman–Crippen MR) is 89.2 cm³/mol.